The average molecular weight is 176 g/mol. The first-order valence-electron chi connectivity index (χ1n) is 5.47. The molecule has 13 heavy (non-hydrogen) atoms. The molecule has 0 aromatic heterocycles. The highest BCUT2D eigenvalue weighted by Crippen LogP contribution is 2.68. The molecule has 3 rings (SSSR count). The van der Waals surface area contributed by atoms with Gasteiger partial charge >= 0.3 is 0 Å². The van der Waals surface area contributed by atoms with E-state index < -0.39 is 0 Å². The molecule has 1 nitrogen and oxygen atoms in total. The summed E-state index contributed by atoms with van der Waals surface area (Å²) in [6.07, 6.45) is 7.19. The monoisotopic (exact) mass is 176 g/mol. The number of Topliss-reactive ketones (excluding diaryl/α,β-unsaturated/α-hetero) is 1. The highest BCUT2D eigenvalue weighted by Gasteiger charge is 2.62. The SMILES string of the molecule is C=C1[C@H]2C(=O)CCC[C@]23CCC[C@H]13. The summed E-state index contributed by atoms with van der Waals surface area (Å²) in [6.45, 7) is 4.11. The van der Waals surface area contributed by atoms with Crippen LogP contribution in [0.4, 0.5) is 0 Å². The number of carbonyl (C=O) groups is 1. The molecule has 0 N–H and O–H groups in total. The Labute approximate surface area is 79.2 Å². The third kappa shape index (κ3) is 0.722. The van der Waals surface area contributed by atoms with Gasteiger partial charge < -0.3 is 0 Å². The van der Waals surface area contributed by atoms with E-state index in [1.54, 1.807) is 0 Å². The number of hydrogen-bond acceptors (Lipinski definition) is 1. The molecule has 0 unspecified atom stereocenters. The van der Waals surface area contributed by atoms with Crippen molar-refractivity contribution in [3.05, 3.63) is 12.2 Å². The first kappa shape index (κ1) is 7.78. The van der Waals surface area contributed by atoms with E-state index in [0.717, 1.165) is 18.8 Å². The standard InChI is InChI=1S/C12H16O/c1-8-9-4-2-6-12(9)7-3-5-10(13)11(8)12/h9,11H,1-7H2/t9-,11+,12+/m1/s1. The van der Waals surface area contributed by atoms with E-state index in [9.17, 15) is 4.79 Å². The second-order valence-electron chi connectivity index (χ2n) is 5.01. The Morgan fingerprint density at radius 1 is 1.31 bits per heavy atom. The van der Waals surface area contributed by atoms with Gasteiger partial charge in [-0.1, -0.05) is 18.6 Å². The van der Waals surface area contributed by atoms with Crippen LogP contribution in [0, 0.1) is 17.3 Å². The van der Waals surface area contributed by atoms with Gasteiger partial charge in [0.2, 0.25) is 0 Å². The van der Waals surface area contributed by atoms with Crippen LogP contribution in [0.3, 0.4) is 0 Å². The van der Waals surface area contributed by atoms with Gasteiger partial charge in [-0.3, -0.25) is 4.79 Å². The first-order valence-corrected chi connectivity index (χ1v) is 5.47. The molecule has 3 aliphatic carbocycles. The Hall–Kier alpha value is -0.590. The fourth-order valence-corrected chi connectivity index (χ4v) is 4.18. The third-order valence-electron chi connectivity index (χ3n) is 4.61. The Kier molecular flexibility index (Phi) is 1.35. The minimum Gasteiger partial charge on any atom is -0.299 e. The molecule has 3 atom stereocenters. The maximum atomic E-state index is 11.7. The predicted octanol–water partition coefficient (Wildman–Crippen LogP) is 2.71. The zero-order valence-corrected chi connectivity index (χ0v) is 8.01. The number of allylic oxidation sites excluding steroid dienone is 1. The van der Waals surface area contributed by atoms with E-state index in [1.165, 1.54) is 31.3 Å². The normalized spacial score (nSPS) is 48.3. The Balaban J connectivity index is 2.00. The van der Waals surface area contributed by atoms with Crippen molar-refractivity contribution in [3.8, 4) is 0 Å². The summed E-state index contributed by atoms with van der Waals surface area (Å²) >= 11 is 0. The van der Waals surface area contributed by atoms with Gasteiger partial charge in [-0.15, -0.1) is 0 Å². The molecule has 0 heterocycles. The van der Waals surface area contributed by atoms with Crippen molar-refractivity contribution < 1.29 is 4.79 Å². The van der Waals surface area contributed by atoms with Crippen molar-refractivity contribution in [2.45, 2.75) is 38.5 Å². The minimum atomic E-state index is 0.286. The molecule has 1 heteroatoms. The minimum absolute atomic E-state index is 0.286. The second-order valence-corrected chi connectivity index (χ2v) is 5.01. The van der Waals surface area contributed by atoms with Crippen molar-refractivity contribution >= 4 is 5.78 Å². The maximum Gasteiger partial charge on any atom is 0.140 e. The van der Waals surface area contributed by atoms with Crippen molar-refractivity contribution in [2.75, 3.05) is 0 Å². The highest BCUT2D eigenvalue weighted by molar-refractivity contribution is 5.87. The molecule has 0 amide bonds. The zero-order chi connectivity index (χ0) is 9.05. The van der Waals surface area contributed by atoms with E-state index in [-0.39, 0.29) is 5.92 Å². The van der Waals surface area contributed by atoms with Gasteiger partial charge in [-0.05, 0) is 37.0 Å². The highest BCUT2D eigenvalue weighted by atomic mass is 16.1. The van der Waals surface area contributed by atoms with Gasteiger partial charge in [0.1, 0.15) is 5.78 Å². The fourth-order valence-electron chi connectivity index (χ4n) is 4.18. The maximum absolute atomic E-state index is 11.7. The van der Waals surface area contributed by atoms with Crippen LogP contribution in [0.25, 0.3) is 0 Å². The van der Waals surface area contributed by atoms with Gasteiger partial charge in [-0.2, -0.15) is 0 Å². The molecule has 1 spiro atoms. The van der Waals surface area contributed by atoms with Gasteiger partial charge in [0, 0.05) is 12.3 Å². The van der Waals surface area contributed by atoms with Gasteiger partial charge in [0.15, 0.2) is 0 Å². The zero-order valence-electron chi connectivity index (χ0n) is 8.01. The fraction of sp³-hybridized carbons (Fsp3) is 0.750. The summed E-state index contributed by atoms with van der Waals surface area (Å²) in [4.78, 5) is 11.7. The molecule has 0 aromatic carbocycles. The second kappa shape index (κ2) is 2.26. The molecule has 0 saturated heterocycles. The first-order chi connectivity index (χ1) is 6.26. The van der Waals surface area contributed by atoms with Gasteiger partial charge in [0.25, 0.3) is 0 Å². The summed E-state index contributed by atoms with van der Waals surface area (Å²) in [5.74, 6) is 1.50. The van der Waals surface area contributed by atoms with Crippen molar-refractivity contribution in [1.29, 1.82) is 0 Å². The number of carbonyl (C=O) groups excluding carboxylic acids is 1. The van der Waals surface area contributed by atoms with Crippen LogP contribution >= 0.6 is 0 Å². The largest absolute Gasteiger partial charge is 0.299 e. The molecular formula is C12H16O. The van der Waals surface area contributed by atoms with Crippen LogP contribution in [0.2, 0.25) is 0 Å². The summed E-state index contributed by atoms with van der Waals surface area (Å²) < 4.78 is 0. The summed E-state index contributed by atoms with van der Waals surface area (Å²) in [6, 6.07) is 0. The smallest absolute Gasteiger partial charge is 0.140 e. The molecular weight excluding hydrogens is 160 g/mol. The number of ketones is 1. The van der Waals surface area contributed by atoms with Crippen LogP contribution in [0.15, 0.2) is 12.2 Å². The molecule has 3 saturated carbocycles. The molecule has 3 fully saturated rings. The van der Waals surface area contributed by atoms with Crippen LogP contribution in [0.5, 0.6) is 0 Å². The van der Waals surface area contributed by atoms with E-state index >= 15 is 0 Å². The number of rotatable bonds is 0. The Morgan fingerprint density at radius 2 is 2.08 bits per heavy atom. The van der Waals surface area contributed by atoms with Crippen molar-refractivity contribution in [3.63, 3.8) is 0 Å². The third-order valence-corrected chi connectivity index (χ3v) is 4.61. The van der Waals surface area contributed by atoms with Gasteiger partial charge in [-0.25, -0.2) is 0 Å². The predicted molar refractivity (Wildman–Crippen MR) is 51.3 cm³/mol. The van der Waals surface area contributed by atoms with E-state index in [0.29, 0.717) is 11.2 Å². The van der Waals surface area contributed by atoms with E-state index in [4.69, 9.17) is 0 Å². The lowest BCUT2D eigenvalue weighted by Gasteiger charge is -2.56. The molecule has 3 aliphatic rings. The molecule has 70 valence electrons. The lowest BCUT2D eigenvalue weighted by molar-refractivity contribution is -0.136. The molecule has 0 aliphatic heterocycles. The average Bonchev–Trinajstić information content (AvgIpc) is 2.43. The topological polar surface area (TPSA) is 17.1 Å². The van der Waals surface area contributed by atoms with Crippen LogP contribution in [-0.4, -0.2) is 5.78 Å². The molecule has 0 bridgehead atoms. The van der Waals surface area contributed by atoms with Crippen molar-refractivity contribution in [2.24, 2.45) is 17.3 Å². The Morgan fingerprint density at radius 3 is 2.92 bits per heavy atom. The van der Waals surface area contributed by atoms with Gasteiger partial charge in [0.05, 0.1) is 0 Å². The quantitative estimate of drug-likeness (QED) is 0.519. The summed E-state index contributed by atoms with van der Waals surface area (Å²) in [5.41, 5.74) is 1.70. The summed E-state index contributed by atoms with van der Waals surface area (Å²) in [7, 11) is 0. The van der Waals surface area contributed by atoms with Crippen LogP contribution in [-0.2, 0) is 4.79 Å². The molecule has 0 aromatic rings. The van der Waals surface area contributed by atoms with E-state index in [2.05, 4.69) is 6.58 Å². The lowest BCUT2D eigenvalue weighted by atomic mass is 9.46. The van der Waals surface area contributed by atoms with Crippen molar-refractivity contribution in [1.82, 2.24) is 0 Å². The Bertz CT molecular complexity index is 291. The van der Waals surface area contributed by atoms with Crippen LogP contribution in [0.1, 0.15) is 38.5 Å². The lowest BCUT2D eigenvalue weighted by Crippen LogP contribution is -2.53. The van der Waals surface area contributed by atoms with Crippen LogP contribution < -0.4 is 0 Å². The van der Waals surface area contributed by atoms with E-state index in [1.807, 2.05) is 0 Å². The number of hydrogen-bond donors (Lipinski definition) is 0. The molecule has 0 radical (unpaired) electrons. The summed E-state index contributed by atoms with van der Waals surface area (Å²) in [5, 5.41) is 0.